The highest BCUT2D eigenvalue weighted by Crippen LogP contribution is 2.18. The molecule has 0 radical (unpaired) electrons. The maximum Gasteiger partial charge on any atom is 0.243 e. The number of nitrogens with zero attached hydrogens (tertiary/aromatic N) is 4. The van der Waals surface area contributed by atoms with Crippen LogP contribution in [-0.4, -0.2) is 49.8 Å². The number of carbonyl (C=O) groups is 1. The quantitative estimate of drug-likeness (QED) is 0.253. The Morgan fingerprint density at radius 3 is 2.77 bits per heavy atom. The number of guanidine groups is 1. The highest BCUT2D eigenvalue weighted by atomic mass is 16.5. The number of nitriles is 1. The first-order chi connectivity index (χ1) is 12.7. The zero-order valence-electron chi connectivity index (χ0n) is 15.2. The Bertz CT molecular complexity index is 705. The summed E-state index contributed by atoms with van der Waals surface area (Å²) in [4.78, 5) is 16.0. The van der Waals surface area contributed by atoms with Crippen molar-refractivity contribution in [2.75, 3.05) is 27.2 Å². The number of nitrogens with one attached hydrogen (secondary N) is 2. The van der Waals surface area contributed by atoms with E-state index < -0.39 is 0 Å². The summed E-state index contributed by atoms with van der Waals surface area (Å²) in [5.74, 6) is 1.30. The zero-order chi connectivity index (χ0) is 18.8. The Labute approximate surface area is 153 Å². The van der Waals surface area contributed by atoms with Crippen molar-refractivity contribution in [3.8, 4) is 11.9 Å². The van der Waals surface area contributed by atoms with Crippen LogP contribution in [0.1, 0.15) is 31.2 Å². The van der Waals surface area contributed by atoms with Gasteiger partial charge in [0, 0.05) is 33.0 Å². The van der Waals surface area contributed by atoms with Crippen LogP contribution in [0, 0.1) is 11.5 Å². The van der Waals surface area contributed by atoms with Gasteiger partial charge in [-0.2, -0.15) is 10.4 Å². The second-order valence-corrected chi connectivity index (χ2v) is 5.73. The van der Waals surface area contributed by atoms with E-state index in [0.717, 1.165) is 29.9 Å². The van der Waals surface area contributed by atoms with Crippen molar-refractivity contribution in [2.24, 2.45) is 10.1 Å². The third kappa shape index (κ3) is 5.48. The Hall–Kier alpha value is -3.08. The molecule has 26 heavy (non-hydrogen) atoms. The average Bonchev–Trinajstić information content (AvgIpc) is 2.68. The number of methoxy groups -OCH3 is 1. The molecule has 0 saturated heterocycles. The van der Waals surface area contributed by atoms with Gasteiger partial charge in [-0.05, 0) is 42.7 Å². The molecule has 1 aliphatic heterocycles. The molecule has 0 aliphatic carbocycles. The lowest BCUT2D eigenvalue weighted by atomic mass is 10.0. The van der Waals surface area contributed by atoms with Crippen LogP contribution in [0.25, 0.3) is 0 Å². The molecule has 8 nitrogen and oxygen atoms in total. The molecule has 8 heteroatoms. The first-order valence-corrected chi connectivity index (χ1v) is 8.56. The van der Waals surface area contributed by atoms with Gasteiger partial charge in [-0.3, -0.25) is 15.1 Å². The van der Waals surface area contributed by atoms with Crippen LogP contribution in [-0.2, 0) is 4.79 Å². The fraction of sp³-hybridized carbons (Fsp3) is 0.444. The van der Waals surface area contributed by atoms with E-state index >= 15 is 0 Å². The molecular weight excluding hydrogens is 332 g/mol. The standard InChI is InChI=1S/C18H24N6O2/c1-20-18(22-13-19)21-11-3-4-12-24-17(25)10-9-16(23-24)14-5-7-15(26-2)8-6-14/h5-8H,3-4,9-12H2,1-2H3,(H2,20,21,22). The van der Waals surface area contributed by atoms with E-state index in [1.165, 1.54) is 0 Å². The molecule has 0 atom stereocenters. The van der Waals surface area contributed by atoms with Gasteiger partial charge in [0.1, 0.15) is 5.75 Å². The van der Waals surface area contributed by atoms with Gasteiger partial charge in [0.2, 0.25) is 11.9 Å². The van der Waals surface area contributed by atoms with Crippen LogP contribution in [0.4, 0.5) is 0 Å². The van der Waals surface area contributed by atoms with E-state index in [-0.39, 0.29) is 5.91 Å². The molecule has 0 spiro atoms. The lowest BCUT2D eigenvalue weighted by molar-refractivity contribution is -0.131. The van der Waals surface area contributed by atoms with Gasteiger partial charge in [0.25, 0.3) is 0 Å². The molecule has 138 valence electrons. The third-order valence-electron chi connectivity index (χ3n) is 4.02. The summed E-state index contributed by atoms with van der Waals surface area (Å²) < 4.78 is 5.17. The molecule has 0 aromatic heterocycles. The summed E-state index contributed by atoms with van der Waals surface area (Å²) in [6.45, 7) is 1.24. The van der Waals surface area contributed by atoms with Crippen molar-refractivity contribution in [2.45, 2.75) is 25.7 Å². The smallest absolute Gasteiger partial charge is 0.243 e. The Morgan fingerprint density at radius 2 is 2.12 bits per heavy atom. The molecule has 1 aliphatic rings. The maximum atomic E-state index is 12.1. The monoisotopic (exact) mass is 356 g/mol. The van der Waals surface area contributed by atoms with Gasteiger partial charge in [0.15, 0.2) is 6.19 Å². The van der Waals surface area contributed by atoms with Crippen LogP contribution in [0.3, 0.4) is 0 Å². The molecule has 1 heterocycles. The molecular formula is C18H24N6O2. The maximum absolute atomic E-state index is 12.1. The number of hydrazone groups is 1. The number of hydrogen-bond donors (Lipinski definition) is 2. The van der Waals surface area contributed by atoms with Crippen molar-refractivity contribution < 1.29 is 9.53 Å². The van der Waals surface area contributed by atoms with Gasteiger partial charge in [-0.1, -0.05) is 0 Å². The van der Waals surface area contributed by atoms with Crippen molar-refractivity contribution >= 4 is 17.6 Å². The van der Waals surface area contributed by atoms with E-state index in [1.807, 2.05) is 30.5 Å². The Morgan fingerprint density at radius 1 is 1.35 bits per heavy atom. The van der Waals surface area contributed by atoms with Gasteiger partial charge in [-0.25, -0.2) is 5.01 Å². The summed E-state index contributed by atoms with van der Waals surface area (Å²) in [7, 11) is 3.24. The van der Waals surface area contributed by atoms with E-state index in [4.69, 9.17) is 10.00 Å². The normalized spacial score (nSPS) is 14.5. The Kier molecular flexibility index (Phi) is 7.43. The van der Waals surface area contributed by atoms with Crippen molar-refractivity contribution in [1.29, 1.82) is 5.26 Å². The molecule has 0 bridgehead atoms. The molecule has 0 fully saturated rings. The van der Waals surface area contributed by atoms with Gasteiger partial charge in [0.05, 0.1) is 12.8 Å². The lowest BCUT2D eigenvalue weighted by Gasteiger charge is -2.23. The van der Waals surface area contributed by atoms with Crippen LogP contribution in [0.5, 0.6) is 5.75 Å². The Balaban J connectivity index is 1.85. The van der Waals surface area contributed by atoms with Crippen LogP contribution in [0.2, 0.25) is 0 Å². The molecule has 1 amide bonds. The van der Waals surface area contributed by atoms with E-state index in [2.05, 4.69) is 20.7 Å². The minimum atomic E-state index is 0.0529. The fourth-order valence-electron chi connectivity index (χ4n) is 2.59. The SMILES string of the molecule is CN=C(NC#N)NCCCCN1N=C(c2ccc(OC)cc2)CCC1=O. The largest absolute Gasteiger partial charge is 0.497 e. The van der Waals surface area contributed by atoms with Gasteiger partial charge in [-0.15, -0.1) is 0 Å². The first kappa shape index (κ1) is 19.2. The topological polar surface area (TPSA) is 102 Å². The second-order valence-electron chi connectivity index (χ2n) is 5.73. The fourth-order valence-corrected chi connectivity index (χ4v) is 2.59. The highest BCUT2D eigenvalue weighted by Gasteiger charge is 2.20. The summed E-state index contributed by atoms with van der Waals surface area (Å²) in [5, 5.41) is 20.1. The first-order valence-electron chi connectivity index (χ1n) is 8.56. The minimum Gasteiger partial charge on any atom is -0.497 e. The summed E-state index contributed by atoms with van der Waals surface area (Å²) in [5.41, 5.74) is 1.93. The van der Waals surface area contributed by atoms with Gasteiger partial charge >= 0.3 is 0 Å². The highest BCUT2D eigenvalue weighted by molar-refractivity contribution is 6.04. The predicted octanol–water partition coefficient (Wildman–Crippen LogP) is 1.45. The molecule has 1 aromatic carbocycles. The third-order valence-corrected chi connectivity index (χ3v) is 4.02. The van der Waals surface area contributed by atoms with Crippen LogP contribution in [0.15, 0.2) is 34.4 Å². The molecule has 0 saturated carbocycles. The lowest BCUT2D eigenvalue weighted by Crippen LogP contribution is -2.36. The van der Waals surface area contributed by atoms with E-state index in [0.29, 0.717) is 31.9 Å². The molecule has 2 rings (SSSR count). The number of amides is 1. The zero-order valence-corrected chi connectivity index (χ0v) is 15.2. The average molecular weight is 356 g/mol. The summed E-state index contributed by atoms with van der Waals surface area (Å²) >= 11 is 0. The van der Waals surface area contributed by atoms with Crippen LogP contribution < -0.4 is 15.4 Å². The number of unbranched alkanes of at least 4 members (excludes halogenated alkanes) is 1. The molecule has 2 N–H and O–H groups in total. The number of ether oxygens (including phenoxy) is 1. The predicted molar refractivity (Wildman–Crippen MR) is 99.8 cm³/mol. The van der Waals surface area contributed by atoms with E-state index in [9.17, 15) is 4.79 Å². The number of hydrogen-bond acceptors (Lipinski definition) is 5. The minimum absolute atomic E-state index is 0.0529. The summed E-state index contributed by atoms with van der Waals surface area (Å²) in [6, 6.07) is 7.71. The second kappa shape index (κ2) is 10.0. The number of aliphatic imine (C=N–C) groups is 1. The number of benzene rings is 1. The molecule has 0 unspecified atom stereocenters. The number of rotatable bonds is 7. The van der Waals surface area contributed by atoms with Crippen LogP contribution >= 0.6 is 0 Å². The molecule has 1 aromatic rings. The van der Waals surface area contributed by atoms with Crippen molar-refractivity contribution in [3.63, 3.8) is 0 Å². The number of carbonyl (C=O) groups excluding carboxylic acids is 1. The summed E-state index contributed by atoms with van der Waals surface area (Å²) in [6.07, 6.45) is 4.59. The van der Waals surface area contributed by atoms with Crippen molar-refractivity contribution in [3.05, 3.63) is 29.8 Å². The van der Waals surface area contributed by atoms with E-state index in [1.54, 1.807) is 19.2 Å². The van der Waals surface area contributed by atoms with Gasteiger partial charge < -0.3 is 10.1 Å². The van der Waals surface area contributed by atoms with Crippen molar-refractivity contribution in [1.82, 2.24) is 15.6 Å².